The van der Waals surface area contributed by atoms with Crippen molar-refractivity contribution >= 4 is 23.0 Å². The molecular formula is C22H28N4O2. The molecule has 2 unspecified atom stereocenters. The molecule has 3 heterocycles. The fourth-order valence-electron chi connectivity index (χ4n) is 3.98. The normalized spacial score (nSPS) is 22.5. The predicted molar refractivity (Wildman–Crippen MR) is 111 cm³/mol. The van der Waals surface area contributed by atoms with Crippen LogP contribution in [0.5, 0.6) is 0 Å². The monoisotopic (exact) mass is 380 g/mol. The number of nitrogens with zero attached hydrogens (tertiary/aromatic N) is 2. The van der Waals surface area contributed by atoms with Gasteiger partial charge in [-0.1, -0.05) is 26.0 Å². The van der Waals surface area contributed by atoms with E-state index in [0.29, 0.717) is 17.5 Å². The number of aliphatic hydroxyl groups is 1. The number of aliphatic hydroxyl groups excluding tert-OH is 1. The van der Waals surface area contributed by atoms with Crippen molar-refractivity contribution in [2.45, 2.75) is 51.9 Å². The van der Waals surface area contributed by atoms with Crippen LogP contribution in [-0.4, -0.2) is 34.4 Å². The maximum absolute atomic E-state index is 12.8. The molecule has 6 nitrogen and oxygen atoms in total. The summed E-state index contributed by atoms with van der Waals surface area (Å²) in [5.41, 5.74) is 3.21. The van der Waals surface area contributed by atoms with E-state index < -0.39 is 6.23 Å². The van der Waals surface area contributed by atoms with Gasteiger partial charge in [0.05, 0.1) is 17.4 Å². The molecule has 2 aromatic rings. The summed E-state index contributed by atoms with van der Waals surface area (Å²) >= 11 is 0. The molecule has 4 rings (SSSR count). The minimum atomic E-state index is -0.673. The molecule has 1 aromatic carbocycles. The van der Waals surface area contributed by atoms with Crippen LogP contribution in [0, 0.1) is 5.92 Å². The summed E-state index contributed by atoms with van der Waals surface area (Å²) in [7, 11) is 0. The van der Waals surface area contributed by atoms with Crippen LogP contribution in [0.3, 0.4) is 0 Å². The fourth-order valence-corrected chi connectivity index (χ4v) is 3.98. The summed E-state index contributed by atoms with van der Waals surface area (Å²) < 4.78 is 2.11. The first-order chi connectivity index (χ1) is 13.5. The number of aryl methyl sites for hydroxylation is 1. The van der Waals surface area contributed by atoms with Gasteiger partial charge in [0.1, 0.15) is 6.23 Å². The number of carbonyl (C=O) groups is 1. The van der Waals surface area contributed by atoms with E-state index in [1.807, 2.05) is 30.3 Å². The largest absolute Gasteiger partial charge is 0.373 e. The maximum atomic E-state index is 12.8. The number of benzene rings is 1. The number of rotatable bonds is 3. The van der Waals surface area contributed by atoms with Gasteiger partial charge >= 0.3 is 0 Å². The van der Waals surface area contributed by atoms with Gasteiger partial charge in [-0.25, -0.2) is 0 Å². The molecule has 1 aromatic heterocycles. The van der Waals surface area contributed by atoms with Gasteiger partial charge in [0.25, 0.3) is 5.91 Å². The van der Waals surface area contributed by atoms with E-state index in [0.717, 1.165) is 54.6 Å². The fraction of sp³-hybridized carbons (Fsp3) is 0.455. The summed E-state index contributed by atoms with van der Waals surface area (Å²) in [4.78, 5) is 17.4. The van der Waals surface area contributed by atoms with Crippen LogP contribution in [0.2, 0.25) is 0 Å². The Labute approximate surface area is 165 Å². The van der Waals surface area contributed by atoms with Crippen molar-refractivity contribution in [1.29, 1.82) is 0 Å². The Bertz CT molecular complexity index is 941. The molecule has 0 spiro atoms. The van der Waals surface area contributed by atoms with Crippen LogP contribution < -0.4 is 10.6 Å². The molecule has 2 atom stereocenters. The minimum Gasteiger partial charge on any atom is -0.373 e. The van der Waals surface area contributed by atoms with Gasteiger partial charge in [0.15, 0.2) is 0 Å². The Morgan fingerprint density at radius 3 is 3.04 bits per heavy atom. The minimum absolute atomic E-state index is 0.134. The van der Waals surface area contributed by atoms with E-state index in [1.54, 1.807) is 6.21 Å². The molecule has 1 amide bonds. The number of fused-ring (bicyclic) bond motifs is 3. The second kappa shape index (κ2) is 7.89. The molecule has 0 saturated carbocycles. The number of allylic oxidation sites excluding steroid dienone is 2. The van der Waals surface area contributed by atoms with E-state index in [-0.39, 0.29) is 5.91 Å². The number of hydrogen-bond donors (Lipinski definition) is 3. The smallest absolute Gasteiger partial charge is 0.255 e. The lowest BCUT2D eigenvalue weighted by molar-refractivity contribution is 0.0968. The number of carbonyl (C=O) groups excluding carboxylic acids is 1. The van der Waals surface area contributed by atoms with Crippen molar-refractivity contribution in [1.82, 2.24) is 15.2 Å². The van der Waals surface area contributed by atoms with Crippen molar-refractivity contribution in [3.05, 3.63) is 47.3 Å². The Kier molecular flexibility index (Phi) is 5.33. The van der Waals surface area contributed by atoms with Gasteiger partial charge in [0.2, 0.25) is 0 Å². The second-order valence-electron chi connectivity index (χ2n) is 7.99. The molecule has 2 aliphatic rings. The number of amides is 1. The molecule has 0 aliphatic carbocycles. The van der Waals surface area contributed by atoms with Gasteiger partial charge in [-0.05, 0) is 49.9 Å². The Morgan fingerprint density at radius 2 is 2.21 bits per heavy atom. The summed E-state index contributed by atoms with van der Waals surface area (Å²) in [6, 6.07) is 7.99. The van der Waals surface area contributed by atoms with E-state index in [9.17, 15) is 9.90 Å². The third-order valence-electron chi connectivity index (χ3n) is 5.63. The third kappa shape index (κ3) is 3.75. The van der Waals surface area contributed by atoms with Crippen molar-refractivity contribution in [2.24, 2.45) is 10.9 Å². The first kappa shape index (κ1) is 18.9. The molecule has 0 fully saturated rings. The molecule has 28 heavy (non-hydrogen) atoms. The van der Waals surface area contributed by atoms with Crippen LogP contribution in [0.25, 0.3) is 10.9 Å². The van der Waals surface area contributed by atoms with Crippen molar-refractivity contribution in [3.8, 4) is 0 Å². The van der Waals surface area contributed by atoms with Crippen molar-refractivity contribution < 1.29 is 9.90 Å². The lowest BCUT2D eigenvalue weighted by Gasteiger charge is -2.13. The summed E-state index contributed by atoms with van der Waals surface area (Å²) in [6.45, 7) is 5.94. The molecule has 0 bridgehead atoms. The topological polar surface area (TPSA) is 78.7 Å². The molecule has 148 valence electrons. The Balaban J connectivity index is 1.57. The average molecular weight is 380 g/mol. The number of nitrogens with one attached hydrogen (secondary N) is 2. The summed E-state index contributed by atoms with van der Waals surface area (Å²) in [5, 5.41) is 17.4. The number of aliphatic imine (C=N–C) groups is 1. The standard InChI is InChI=1S/C22H28N4O2/c1-14(2)18-6-3-5-17(13-24-18)25-21(27)16-8-7-15-11-20-22(28)23-9-4-10-26(20)19(15)12-16/h5,7-8,11-14,18,22-23,28H,3-4,6,9-10H2,1-2H3,(H,25,27). The maximum Gasteiger partial charge on any atom is 0.255 e. The average Bonchev–Trinajstić information content (AvgIpc) is 2.80. The Morgan fingerprint density at radius 1 is 1.36 bits per heavy atom. The molecule has 2 aliphatic heterocycles. The summed E-state index contributed by atoms with van der Waals surface area (Å²) in [6.07, 6.45) is 6.02. The van der Waals surface area contributed by atoms with Gasteiger partial charge in [0, 0.05) is 29.2 Å². The van der Waals surface area contributed by atoms with Crippen LogP contribution in [0.15, 0.2) is 41.0 Å². The molecular weight excluding hydrogens is 352 g/mol. The molecule has 0 saturated heterocycles. The molecule has 6 heteroatoms. The lowest BCUT2D eigenvalue weighted by atomic mass is 10.0. The molecule has 0 radical (unpaired) electrons. The zero-order valence-electron chi connectivity index (χ0n) is 16.5. The summed E-state index contributed by atoms with van der Waals surface area (Å²) in [5.74, 6) is 0.363. The van der Waals surface area contributed by atoms with Gasteiger partial charge in [-0.3, -0.25) is 15.1 Å². The van der Waals surface area contributed by atoms with E-state index in [1.165, 1.54) is 0 Å². The first-order valence-corrected chi connectivity index (χ1v) is 10.1. The lowest BCUT2D eigenvalue weighted by Crippen LogP contribution is -2.23. The van der Waals surface area contributed by atoms with Gasteiger partial charge in [-0.15, -0.1) is 0 Å². The van der Waals surface area contributed by atoms with Crippen LogP contribution in [0.4, 0.5) is 0 Å². The molecule has 3 N–H and O–H groups in total. The number of hydrogen-bond acceptors (Lipinski definition) is 4. The SMILES string of the molecule is CC(C)C1CCC=C(NC(=O)c2ccc3cc4n(c3c2)CCCNC4O)C=N1. The van der Waals surface area contributed by atoms with Crippen molar-refractivity contribution in [2.75, 3.05) is 6.54 Å². The quantitative estimate of drug-likeness (QED) is 0.765. The second-order valence-corrected chi connectivity index (χ2v) is 7.99. The van der Waals surface area contributed by atoms with Crippen molar-refractivity contribution in [3.63, 3.8) is 0 Å². The van der Waals surface area contributed by atoms with Crippen LogP contribution in [-0.2, 0) is 6.54 Å². The van der Waals surface area contributed by atoms with Gasteiger partial charge < -0.3 is 15.0 Å². The van der Waals surface area contributed by atoms with E-state index in [4.69, 9.17) is 0 Å². The third-order valence-corrected chi connectivity index (χ3v) is 5.63. The van der Waals surface area contributed by atoms with Crippen LogP contribution >= 0.6 is 0 Å². The first-order valence-electron chi connectivity index (χ1n) is 10.1. The van der Waals surface area contributed by atoms with E-state index >= 15 is 0 Å². The predicted octanol–water partition coefficient (Wildman–Crippen LogP) is 3.13. The van der Waals surface area contributed by atoms with Crippen LogP contribution in [0.1, 0.15) is 55.4 Å². The highest BCUT2D eigenvalue weighted by molar-refractivity contribution is 6.01. The number of aromatic nitrogens is 1. The highest BCUT2D eigenvalue weighted by atomic mass is 16.3. The highest BCUT2D eigenvalue weighted by Gasteiger charge is 2.20. The zero-order chi connectivity index (χ0) is 19.7. The Hall–Kier alpha value is -2.44. The van der Waals surface area contributed by atoms with E-state index in [2.05, 4.69) is 34.0 Å². The van der Waals surface area contributed by atoms with Gasteiger partial charge in [-0.2, -0.15) is 0 Å². The zero-order valence-corrected chi connectivity index (χ0v) is 16.5. The highest BCUT2D eigenvalue weighted by Crippen LogP contribution is 2.26.